The van der Waals surface area contributed by atoms with Gasteiger partial charge in [0.15, 0.2) is 0 Å². The van der Waals surface area contributed by atoms with Crippen LogP contribution in [0.5, 0.6) is 0 Å². The molecule has 0 radical (unpaired) electrons. The average molecular weight is 326 g/mol. The summed E-state index contributed by atoms with van der Waals surface area (Å²) in [6.07, 6.45) is 11.7. The molecule has 0 atom stereocenters. The molecule has 126 valence electrons. The summed E-state index contributed by atoms with van der Waals surface area (Å²) in [6, 6.07) is 4.71. The van der Waals surface area contributed by atoms with E-state index in [2.05, 4.69) is 16.4 Å². The maximum atomic E-state index is 13.6. The number of amides is 1. The molecule has 4 rings (SSSR count). The number of H-pyrrole nitrogens is 1. The smallest absolute Gasteiger partial charge is 0.230 e. The van der Waals surface area contributed by atoms with Crippen molar-refractivity contribution in [1.29, 1.82) is 0 Å². The number of aromatic amines is 1. The first kappa shape index (κ1) is 15.4. The Morgan fingerprint density at radius 1 is 1.29 bits per heavy atom. The normalized spacial score (nSPS) is 19.1. The topological polar surface area (TPSA) is 44.9 Å². The molecule has 1 fully saturated rings. The second-order valence-electron chi connectivity index (χ2n) is 7.09. The Hall–Kier alpha value is -2.10. The molecule has 0 unspecified atom stereocenters. The molecule has 2 aliphatic carbocycles. The van der Waals surface area contributed by atoms with Crippen molar-refractivity contribution >= 4 is 16.8 Å². The van der Waals surface area contributed by atoms with Gasteiger partial charge in [-0.2, -0.15) is 0 Å². The van der Waals surface area contributed by atoms with E-state index in [0.29, 0.717) is 6.54 Å². The Bertz CT molecular complexity index is 801. The van der Waals surface area contributed by atoms with Crippen molar-refractivity contribution in [3.8, 4) is 0 Å². The van der Waals surface area contributed by atoms with Gasteiger partial charge in [0.05, 0.1) is 5.41 Å². The molecule has 0 bridgehead atoms. The van der Waals surface area contributed by atoms with Crippen LogP contribution < -0.4 is 5.32 Å². The lowest BCUT2D eigenvalue weighted by Crippen LogP contribution is -2.35. The van der Waals surface area contributed by atoms with Crippen LogP contribution in [0.4, 0.5) is 4.39 Å². The number of halogens is 1. The summed E-state index contributed by atoms with van der Waals surface area (Å²) in [6.45, 7) is 0.698. The average Bonchev–Trinajstić information content (AvgIpc) is 3.30. The van der Waals surface area contributed by atoms with Crippen molar-refractivity contribution in [2.24, 2.45) is 0 Å². The highest BCUT2D eigenvalue weighted by molar-refractivity contribution is 5.97. The van der Waals surface area contributed by atoms with Crippen LogP contribution in [0.2, 0.25) is 0 Å². The van der Waals surface area contributed by atoms with Crippen molar-refractivity contribution in [2.45, 2.75) is 50.4 Å². The molecule has 1 amide bonds. The first-order valence-corrected chi connectivity index (χ1v) is 8.92. The van der Waals surface area contributed by atoms with Gasteiger partial charge in [-0.15, -0.1) is 0 Å². The van der Waals surface area contributed by atoms with E-state index in [0.717, 1.165) is 35.7 Å². The number of rotatable bonds is 5. The summed E-state index contributed by atoms with van der Waals surface area (Å²) in [5, 5.41) is 3.94. The Kier molecular flexibility index (Phi) is 3.91. The highest BCUT2D eigenvalue weighted by Crippen LogP contribution is 2.50. The van der Waals surface area contributed by atoms with Crippen LogP contribution in [-0.4, -0.2) is 17.4 Å². The minimum absolute atomic E-state index is 0.0871. The summed E-state index contributed by atoms with van der Waals surface area (Å²) in [5.74, 6) is -0.173. The van der Waals surface area contributed by atoms with E-state index < -0.39 is 5.41 Å². The highest BCUT2D eigenvalue weighted by atomic mass is 19.1. The number of carbonyl (C=O) groups is 1. The van der Waals surface area contributed by atoms with Gasteiger partial charge in [0.2, 0.25) is 5.91 Å². The number of aromatic nitrogens is 1. The van der Waals surface area contributed by atoms with Gasteiger partial charge in [-0.3, -0.25) is 4.79 Å². The molecular formula is C20H23FN2O. The van der Waals surface area contributed by atoms with Crippen LogP contribution in [0.25, 0.3) is 10.9 Å². The van der Waals surface area contributed by atoms with Crippen LogP contribution in [0.15, 0.2) is 36.0 Å². The molecule has 0 saturated heterocycles. The van der Waals surface area contributed by atoms with E-state index >= 15 is 0 Å². The van der Waals surface area contributed by atoms with E-state index in [1.807, 2.05) is 6.20 Å². The minimum atomic E-state index is -0.465. The quantitative estimate of drug-likeness (QED) is 0.789. The number of benzene rings is 1. The molecule has 24 heavy (non-hydrogen) atoms. The first-order chi connectivity index (χ1) is 11.7. The third-order valence-electron chi connectivity index (χ3n) is 5.46. The molecule has 1 saturated carbocycles. The summed E-state index contributed by atoms with van der Waals surface area (Å²) in [4.78, 5) is 15.9. The van der Waals surface area contributed by atoms with Crippen molar-refractivity contribution < 1.29 is 9.18 Å². The Balaban J connectivity index is 1.47. The van der Waals surface area contributed by atoms with E-state index in [-0.39, 0.29) is 11.7 Å². The maximum absolute atomic E-state index is 13.6. The van der Waals surface area contributed by atoms with Gasteiger partial charge in [0.25, 0.3) is 0 Å². The molecule has 2 N–H and O–H groups in total. The van der Waals surface area contributed by atoms with Gasteiger partial charge >= 0.3 is 0 Å². The molecule has 3 nitrogen and oxygen atoms in total. The van der Waals surface area contributed by atoms with Crippen LogP contribution >= 0.6 is 0 Å². The molecule has 1 heterocycles. The van der Waals surface area contributed by atoms with Crippen LogP contribution in [-0.2, 0) is 10.2 Å². The van der Waals surface area contributed by atoms with E-state index in [1.165, 1.54) is 43.4 Å². The number of allylic oxidation sites excluding steroid dienone is 1. The van der Waals surface area contributed by atoms with Crippen LogP contribution in [0.3, 0.4) is 0 Å². The van der Waals surface area contributed by atoms with Crippen molar-refractivity contribution in [3.63, 3.8) is 0 Å². The molecular weight excluding hydrogens is 303 g/mol. The summed E-state index contributed by atoms with van der Waals surface area (Å²) in [7, 11) is 0. The number of hydrogen-bond acceptors (Lipinski definition) is 1. The highest BCUT2D eigenvalue weighted by Gasteiger charge is 2.52. The maximum Gasteiger partial charge on any atom is 0.230 e. The van der Waals surface area contributed by atoms with E-state index in [9.17, 15) is 9.18 Å². The first-order valence-electron chi connectivity index (χ1n) is 8.92. The number of carbonyl (C=O) groups excluding carboxylic acids is 1. The fraction of sp³-hybridized carbons (Fsp3) is 0.450. The Morgan fingerprint density at radius 2 is 2.17 bits per heavy atom. The summed E-state index contributed by atoms with van der Waals surface area (Å²) >= 11 is 0. The molecule has 0 aliphatic heterocycles. The van der Waals surface area contributed by atoms with Crippen LogP contribution in [0, 0.1) is 5.82 Å². The fourth-order valence-electron chi connectivity index (χ4n) is 3.87. The van der Waals surface area contributed by atoms with Crippen LogP contribution in [0.1, 0.15) is 50.5 Å². The number of nitrogens with one attached hydrogen (secondary N) is 2. The lowest BCUT2D eigenvalue weighted by molar-refractivity contribution is -0.123. The predicted octanol–water partition coefficient (Wildman–Crippen LogP) is 4.35. The summed E-state index contributed by atoms with van der Waals surface area (Å²) < 4.78 is 13.6. The van der Waals surface area contributed by atoms with E-state index in [4.69, 9.17) is 0 Å². The number of hydrogen-bond donors (Lipinski definition) is 2. The van der Waals surface area contributed by atoms with Gasteiger partial charge in [-0.25, -0.2) is 4.39 Å². The lowest BCUT2D eigenvalue weighted by Gasteiger charge is -2.17. The third-order valence-corrected chi connectivity index (χ3v) is 5.46. The zero-order valence-electron chi connectivity index (χ0n) is 13.8. The number of fused-ring (bicyclic) bond motifs is 1. The Labute approximate surface area is 141 Å². The minimum Gasteiger partial charge on any atom is -0.361 e. The molecule has 0 spiro atoms. The van der Waals surface area contributed by atoms with Crippen molar-refractivity contribution in [2.75, 3.05) is 6.54 Å². The monoisotopic (exact) mass is 326 g/mol. The fourth-order valence-corrected chi connectivity index (χ4v) is 3.87. The molecule has 4 heteroatoms. The lowest BCUT2D eigenvalue weighted by atomic mass is 9.94. The van der Waals surface area contributed by atoms with Gasteiger partial charge in [-0.1, -0.05) is 11.6 Å². The van der Waals surface area contributed by atoms with Crippen molar-refractivity contribution in [1.82, 2.24) is 10.3 Å². The largest absolute Gasteiger partial charge is 0.361 e. The third kappa shape index (κ3) is 2.74. The zero-order valence-corrected chi connectivity index (χ0v) is 13.8. The molecule has 1 aromatic carbocycles. The second kappa shape index (κ2) is 6.08. The van der Waals surface area contributed by atoms with Gasteiger partial charge in [-0.05, 0) is 68.7 Å². The predicted molar refractivity (Wildman–Crippen MR) is 93.3 cm³/mol. The Morgan fingerprint density at radius 3 is 2.92 bits per heavy atom. The van der Waals surface area contributed by atoms with Gasteiger partial charge in [0, 0.05) is 23.6 Å². The van der Waals surface area contributed by atoms with Gasteiger partial charge in [0.1, 0.15) is 5.82 Å². The molecule has 2 aliphatic rings. The van der Waals surface area contributed by atoms with E-state index in [1.54, 1.807) is 6.07 Å². The standard InChI is InChI=1S/C20H23FN2O/c21-15-6-7-18-16(12-15)17(13-23-18)20(9-10-20)19(24)22-11-8-14-4-2-1-3-5-14/h4,6-7,12-13,23H,1-3,5,8-11H2,(H,22,24). The second-order valence-corrected chi connectivity index (χ2v) is 7.09. The van der Waals surface area contributed by atoms with Crippen molar-refractivity contribution in [3.05, 3.63) is 47.4 Å². The summed E-state index contributed by atoms with van der Waals surface area (Å²) in [5.41, 5.74) is 2.83. The SMILES string of the molecule is O=C(NCCC1=CCCCC1)C1(c2c[nH]c3ccc(F)cc23)CC1. The zero-order chi connectivity index (χ0) is 16.6. The molecule has 1 aromatic heterocycles. The molecule has 2 aromatic rings. The van der Waals surface area contributed by atoms with Gasteiger partial charge < -0.3 is 10.3 Å².